The van der Waals surface area contributed by atoms with Crippen molar-refractivity contribution in [1.29, 1.82) is 0 Å². The Morgan fingerprint density at radius 1 is 1.00 bits per heavy atom. The van der Waals surface area contributed by atoms with E-state index < -0.39 is 0 Å². The van der Waals surface area contributed by atoms with Crippen LogP contribution in [0, 0.1) is 0 Å². The van der Waals surface area contributed by atoms with Gasteiger partial charge in [-0.25, -0.2) is 0 Å². The van der Waals surface area contributed by atoms with Gasteiger partial charge < -0.3 is 4.74 Å². The molecule has 0 spiro atoms. The summed E-state index contributed by atoms with van der Waals surface area (Å²) in [5.74, 6) is 0.813. The molecule has 19 heavy (non-hydrogen) atoms. The fourth-order valence-electron chi connectivity index (χ4n) is 1.84. The van der Waals surface area contributed by atoms with E-state index in [2.05, 4.69) is 12.1 Å². The molecule has 1 nitrogen and oxygen atoms in total. The van der Waals surface area contributed by atoms with E-state index in [0.717, 1.165) is 25.7 Å². The highest BCUT2D eigenvalue weighted by atomic mass is 35.5. The van der Waals surface area contributed by atoms with Gasteiger partial charge in [-0.3, -0.25) is 0 Å². The first-order valence-corrected chi connectivity index (χ1v) is 7.35. The van der Waals surface area contributed by atoms with Crippen LogP contribution in [0.15, 0.2) is 48.5 Å². The van der Waals surface area contributed by atoms with Crippen LogP contribution in [0.4, 0.5) is 0 Å². The van der Waals surface area contributed by atoms with Gasteiger partial charge >= 0.3 is 0 Å². The molecular weight excluding hydrogens is 299 g/mol. The average molecular weight is 309 g/mol. The van der Waals surface area contributed by atoms with Crippen LogP contribution in [-0.2, 0) is 6.61 Å². The largest absolute Gasteiger partial charge is 0.488 e. The second-order valence-electron chi connectivity index (χ2n) is 4.11. The maximum atomic E-state index is 6.16. The van der Waals surface area contributed by atoms with Gasteiger partial charge in [0.15, 0.2) is 0 Å². The van der Waals surface area contributed by atoms with Crippen LogP contribution in [-0.4, -0.2) is 0 Å². The van der Waals surface area contributed by atoms with Gasteiger partial charge in [0.25, 0.3) is 0 Å². The Hall–Kier alpha value is -1.22. The lowest BCUT2D eigenvalue weighted by Gasteiger charge is -2.03. The number of ether oxygens (including phenoxy) is 1. The Morgan fingerprint density at radius 3 is 2.53 bits per heavy atom. The van der Waals surface area contributed by atoms with Crippen molar-refractivity contribution in [3.05, 3.63) is 63.5 Å². The number of rotatable bonds is 3. The van der Waals surface area contributed by atoms with Gasteiger partial charge in [-0.15, -0.1) is 11.3 Å². The van der Waals surface area contributed by atoms with E-state index in [4.69, 9.17) is 27.9 Å². The second-order valence-corrected chi connectivity index (χ2v) is 6.09. The van der Waals surface area contributed by atoms with Gasteiger partial charge in [0.2, 0.25) is 0 Å². The molecule has 0 atom stereocenters. The van der Waals surface area contributed by atoms with Gasteiger partial charge in [-0.05, 0) is 41.8 Å². The average Bonchev–Trinajstić information content (AvgIpc) is 2.83. The molecule has 0 saturated heterocycles. The molecule has 3 rings (SSSR count). The molecule has 1 heterocycles. The molecule has 4 heteroatoms. The quantitative estimate of drug-likeness (QED) is 0.595. The first-order valence-electron chi connectivity index (χ1n) is 5.78. The van der Waals surface area contributed by atoms with Crippen LogP contribution in [0.1, 0.15) is 4.88 Å². The minimum absolute atomic E-state index is 0.539. The first-order chi connectivity index (χ1) is 9.22. The van der Waals surface area contributed by atoms with Crippen molar-refractivity contribution in [2.24, 2.45) is 0 Å². The normalized spacial score (nSPS) is 10.8. The number of benzene rings is 2. The Labute approximate surface area is 125 Å². The second kappa shape index (κ2) is 5.41. The standard InChI is InChI=1S/C15H10Cl2OS/c16-11-4-6-12(7-5-11)18-9-13-8-10-2-1-3-14(17)15(10)19-13/h1-8H,9H2. The molecule has 0 N–H and O–H groups in total. The summed E-state index contributed by atoms with van der Waals surface area (Å²) >= 11 is 13.7. The fourth-order valence-corrected chi connectivity index (χ4v) is 3.24. The molecule has 2 aromatic carbocycles. The van der Waals surface area contributed by atoms with Crippen molar-refractivity contribution in [2.75, 3.05) is 0 Å². The zero-order valence-electron chi connectivity index (χ0n) is 9.90. The summed E-state index contributed by atoms with van der Waals surface area (Å²) in [5.41, 5.74) is 0. The lowest BCUT2D eigenvalue weighted by molar-refractivity contribution is 0.310. The van der Waals surface area contributed by atoms with Gasteiger partial charge in [-0.2, -0.15) is 0 Å². The van der Waals surface area contributed by atoms with Crippen LogP contribution in [0.25, 0.3) is 10.1 Å². The molecule has 96 valence electrons. The Bertz CT molecular complexity index is 704. The highest BCUT2D eigenvalue weighted by molar-refractivity contribution is 7.19. The van der Waals surface area contributed by atoms with Crippen LogP contribution in [0.5, 0.6) is 5.75 Å². The zero-order chi connectivity index (χ0) is 13.2. The van der Waals surface area contributed by atoms with E-state index in [9.17, 15) is 0 Å². The molecular formula is C15H10Cl2OS. The van der Waals surface area contributed by atoms with E-state index in [0.29, 0.717) is 11.6 Å². The van der Waals surface area contributed by atoms with E-state index in [1.165, 1.54) is 0 Å². The summed E-state index contributed by atoms with van der Waals surface area (Å²) in [4.78, 5) is 1.15. The van der Waals surface area contributed by atoms with Crippen molar-refractivity contribution >= 4 is 44.6 Å². The SMILES string of the molecule is Clc1ccc(OCc2cc3cccc(Cl)c3s2)cc1. The number of halogens is 2. The molecule has 1 aromatic heterocycles. The molecule has 0 unspecified atom stereocenters. The molecule has 0 saturated carbocycles. The van der Waals surface area contributed by atoms with Gasteiger partial charge in [0.1, 0.15) is 12.4 Å². The van der Waals surface area contributed by atoms with Crippen molar-refractivity contribution in [1.82, 2.24) is 0 Å². The summed E-state index contributed by atoms with van der Waals surface area (Å²) in [6.07, 6.45) is 0. The zero-order valence-corrected chi connectivity index (χ0v) is 12.2. The van der Waals surface area contributed by atoms with Crippen LogP contribution < -0.4 is 4.74 Å². The third-order valence-corrected chi connectivity index (χ3v) is 4.58. The molecule has 0 fully saturated rings. The van der Waals surface area contributed by atoms with Crippen LogP contribution in [0.3, 0.4) is 0 Å². The minimum atomic E-state index is 0.539. The monoisotopic (exact) mass is 308 g/mol. The maximum Gasteiger partial charge on any atom is 0.122 e. The summed E-state index contributed by atoms with van der Waals surface area (Å²) in [6, 6.07) is 15.4. The summed E-state index contributed by atoms with van der Waals surface area (Å²) in [5, 5.41) is 2.66. The third-order valence-electron chi connectivity index (χ3n) is 2.74. The lowest BCUT2D eigenvalue weighted by atomic mass is 10.2. The highest BCUT2D eigenvalue weighted by Crippen LogP contribution is 2.32. The molecule has 0 aliphatic carbocycles. The molecule has 0 aliphatic rings. The van der Waals surface area contributed by atoms with E-state index in [1.54, 1.807) is 11.3 Å². The first kappa shape index (κ1) is 12.8. The number of thiophene rings is 1. The van der Waals surface area contributed by atoms with E-state index in [-0.39, 0.29) is 0 Å². The van der Waals surface area contributed by atoms with Crippen LogP contribution >= 0.6 is 34.5 Å². The van der Waals surface area contributed by atoms with Gasteiger partial charge in [0, 0.05) is 9.90 Å². The lowest BCUT2D eigenvalue weighted by Crippen LogP contribution is -1.91. The number of hydrogen-bond acceptors (Lipinski definition) is 2. The van der Waals surface area contributed by atoms with Crippen molar-refractivity contribution < 1.29 is 4.74 Å². The summed E-state index contributed by atoms with van der Waals surface area (Å²) < 4.78 is 6.84. The minimum Gasteiger partial charge on any atom is -0.488 e. The Morgan fingerprint density at radius 2 is 1.79 bits per heavy atom. The molecule has 3 aromatic rings. The van der Waals surface area contributed by atoms with Crippen molar-refractivity contribution in [3.8, 4) is 5.75 Å². The fraction of sp³-hybridized carbons (Fsp3) is 0.0667. The Kier molecular flexibility index (Phi) is 3.65. The van der Waals surface area contributed by atoms with Gasteiger partial charge in [0.05, 0.1) is 9.72 Å². The summed E-state index contributed by atoms with van der Waals surface area (Å²) in [7, 11) is 0. The van der Waals surface area contributed by atoms with Gasteiger partial charge in [-0.1, -0.05) is 35.3 Å². The predicted octanol–water partition coefficient (Wildman–Crippen LogP) is 5.79. The van der Waals surface area contributed by atoms with Crippen LogP contribution in [0.2, 0.25) is 10.0 Å². The topological polar surface area (TPSA) is 9.23 Å². The summed E-state index contributed by atoms with van der Waals surface area (Å²) in [6.45, 7) is 0.539. The molecule has 0 bridgehead atoms. The van der Waals surface area contributed by atoms with E-state index >= 15 is 0 Å². The number of fused-ring (bicyclic) bond motifs is 1. The van der Waals surface area contributed by atoms with Crippen molar-refractivity contribution in [3.63, 3.8) is 0 Å². The van der Waals surface area contributed by atoms with Crippen molar-refractivity contribution in [2.45, 2.75) is 6.61 Å². The van der Waals surface area contributed by atoms with E-state index in [1.807, 2.05) is 36.4 Å². The molecule has 0 amide bonds. The predicted molar refractivity (Wildman–Crippen MR) is 82.6 cm³/mol. The highest BCUT2D eigenvalue weighted by Gasteiger charge is 2.05. The molecule has 0 aliphatic heterocycles. The smallest absolute Gasteiger partial charge is 0.122 e. The third kappa shape index (κ3) is 2.86. The molecule has 0 radical (unpaired) electrons. The Balaban J connectivity index is 1.78. The number of hydrogen-bond donors (Lipinski definition) is 0. The maximum absolute atomic E-state index is 6.16.